The maximum atomic E-state index is 9.19. The summed E-state index contributed by atoms with van der Waals surface area (Å²) in [6, 6.07) is 13.7. The van der Waals surface area contributed by atoms with Crippen molar-refractivity contribution in [1.82, 2.24) is 9.80 Å². The molecule has 1 atom stereocenters. The topological polar surface area (TPSA) is 70.1 Å². The van der Waals surface area contributed by atoms with Crippen LogP contribution >= 0.6 is 0 Å². The number of nitrogens with zero attached hydrogens (tertiary/aromatic N) is 2. The maximum absolute atomic E-state index is 9.19. The van der Waals surface area contributed by atoms with Crippen LogP contribution in [-0.4, -0.2) is 63.3 Å². The summed E-state index contributed by atoms with van der Waals surface area (Å²) in [7, 11) is 2.60. The van der Waals surface area contributed by atoms with Gasteiger partial charge in [0.2, 0.25) is 0 Å². The lowest BCUT2D eigenvalue weighted by Gasteiger charge is -2.30. The quantitative estimate of drug-likeness (QED) is 0.663. The monoisotopic (exact) mass is 460 g/mol. The second kappa shape index (κ2) is 10.8. The minimum absolute atomic E-state index is 0.627. The molecule has 2 aliphatic rings. The lowest BCUT2D eigenvalue weighted by Crippen LogP contribution is -2.28. The highest BCUT2D eigenvalue weighted by atomic mass is 32.2. The molecule has 0 saturated heterocycles. The van der Waals surface area contributed by atoms with Crippen LogP contribution in [0.3, 0.4) is 0 Å². The molecule has 6 nitrogen and oxygen atoms in total. The average molecular weight is 461 g/mol. The van der Waals surface area contributed by atoms with E-state index in [1.54, 1.807) is 7.11 Å². The van der Waals surface area contributed by atoms with Crippen LogP contribution in [0, 0.1) is 0 Å². The molecule has 1 unspecified atom stereocenters. The van der Waals surface area contributed by atoms with Crippen LogP contribution in [0.25, 0.3) is 0 Å². The fourth-order valence-corrected chi connectivity index (χ4v) is 4.86. The Balaban J connectivity index is 0.000000523. The molecule has 0 amide bonds. The summed E-state index contributed by atoms with van der Waals surface area (Å²) >= 11 is 0. The zero-order valence-corrected chi connectivity index (χ0v) is 20.5. The van der Waals surface area contributed by atoms with Crippen molar-refractivity contribution < 1.29 is 17.7 Å². The Morgan fingerprint density at radius 2 is 1.91 bits per heavy atom. The Bertz CT molecular complexity index is 1010. The molecule has 2 aromatic rings. The van der Waals surface area contributed by atoms with Crippen molar-refractivity contribution in [3.63, 3.8) is 0 Å². The highest BCUT2D eigenvalue weighted by molar-refractivity contribution is 7.85. The number of rotatable bonds is 6. The molecule has 4 rings (SSSR count). The van der Waals surface area contributed by atoms with Gasteiger partial charge < -0.3 is 9.64 Å². The maximum Gasteiger partial charge on any atom is 0.261 e. The van der Waals surface area contributed by atoms with Crippen LogP contribution in [0.5, 0.6) is 5.75 Å². The number of ether oxygens (including phenoxy) is 1. The van der Waals surface area contributed by atoms with Crippen molar-refractivity contribution in [2.45, 2.75) is 44.7 Å². The fourth-order valence-electron chi connectivity index (χ4n) is 4.86. The summed E-state index contributed by atoms with van der Waals surface area (Å²) in [5.41, 5.74) is 7.44. The Morgan fingerprint density at radius 1 is 1.19 bits per heavy atom. The normalized spacial score (nSPS) is 18.0. The molecule has 1 heterocycles. The van der Waals surface area contributed by atoms with E-state index in [9.17, 15) is 8.42 Å². The largest absolute Gasteiger partial charge is 0.496 e. The fraction of sp³-hybridized carbons (Fsp3) is 0.520. The number of likely N-dealkylation sites (N-methyl/N-ethyl adjacent to an activating group) is 1. The molecule has 0 radical (unpaired) electrons. The third-order valence-corrected chi connectivity index (χ3v) is 6.27. The highest BCUT2D eigenvalue weighted by Gasteiger charge is 2.23. The van der Waals surface area contributed by atoms with E-state index >= 15 is 0 Å². The molecule has 0 fully saturated rings. The average Bonchev–Trinajstić information content (AvgIpc) is 3.10. The predicted molar refractivity (Wildman–Crippen MR) is 129 cm³/mol. The molecule has 2 aromatic carbocycles. The van der Waals surface area contributed by atoms with Crippen molar-refractivity contribution in [2.24, 2.45) is 0 Å². The SMILES string of the molecule is COc1cccc2c1CCCC2CN(C)CCc1ccc2c(c1)CN(C)C2.CS(=O)(=O)O. The van der Waals surface area contributed by atoms with Gasteiger partial charge in [0, 0.05) is 26.2 Å². The minimum Gasteiger partial charge on any atom is -0.496 e. The van der Waals surface area contributed by atoms with Gasteiger partial charge in [-0.3, -0.25) is 9.45 Å². The van der Waals surface area contributed by atoms with Crippen molar-refractivity contribution in [2.75, 3.05) is 40.6 Å². The Morgan fingerprint density at radius 3 is 2.62 bits per heavy atom. The summed E-state index contributed by atoms with van der Waals surface area (Å²) in [5.74, 6) is 1.70. The van der Waals surface area contributed by atoms with Gasteiger partial charge in [-0.15, -0.1) is 0 Å². The van der Waals surface area contributed by atoms with E-state index in [1.807, 2.05) is 0 Å². The van der Waals surface area contributed by atoms with Gasteiger partial charge in [-0.25, -0.2) is 0 Å². The van der Waals surface area contributed by atoms with Gasteiger partial charge in [-0.05, 0) is 79.6 Å². The number of hydrogen-bond donors (Lipinski definition) is 1. The van der Waals surface area contributed by atoms with Crippen LogP contribution in [0.4, 0.5) is 0 Å². The number of methoxy groups -OCH3 is 1. The van der Waals surface area contributed by atoms with Crippen molar-refractivity contribution >= 4 is 10.1 Å². The second-order valence-electron chi connectivity index (χ2n) is 9.14. The first-order valence-electron chi connectivity index (χ1n) is 11.2. The molecule has 1 N–H and O–H groups in total. The van der Waals surface area contributed by atoms with E-state index < -0.39 is 10.1 Å². The third kappa shape index (κ3) is 7.04. The molecular weight excluding hydrogens is 424 g/mol. The molecule has 0 spiro atoms. The lowest BCUT2D eigenvalue weighted by molar-refractivity contribution is 0.299. The van der Waals surface area contributed by atoms with Crippen LogP contribution < -0.4 is 4.74 Å². The van der Waals surface area contributed by atoms with Crippen molar-refractivity contribution in [1.29, 1.82) is 0 Å². The molecule has 7 heteroatoms. The van der Waals surface area contributed by atoms with E-state index in [0.717, 1.165) is 44.8 Å². The first-order valence-corrected chi connectivity index (χ1v) is 13.0. The van der Waals surface area contributed by atoms with E-state index in [4.69, 9.17) is 9.29 Å². The van der Waals surface area contributed by atoms with Crippen LogP contribution in [-0.2, 0) is 36.0 Å². The van der Waals surface area contributed by atoms with Crippen LogP contribution in [0.15, 0.2) is 36.4 Å². The lowest BCUT2D eigenvalue weighted by atomic mass is 9.82. The molecule has 0 aromatic heterocycles. The van der Waals surface area contributed by atoms with E-state index in [-0.39, 0.29) is 0 Å². The molecule has 1 aliphatic heterocycles. The van der Waals surface area contributed by atoms with Gasteiger partial charge in [-0.1, -0.05) is 30.3 Å². The van der Waals surface area contributed by atoms with E-state index in [1.165, 1.54) is 40.7 Å². The predicted octanol–water partition coefficient (Wildman–Crippen LogP) is 3.74. The van der Waals surface area contributed by atoms with Gasteiger partial charge in [0.25, 0.3) is 10.1 Å². The van der Waals surface area contributed by atoms with Gasteiger partial charge in [0.15, 0.2) is 0 Å². The van der Waals surface area contributed by atoms with E-state index in [0.29, 0.717) is 12.2 Å². The zero-order valence-electron chi connectivity index (χ0n) is 19.7. The molecule has 176 valence electrons. The van der Waals surface area contributed by atoms with Crippen molar-refractivity contribution in [3.8, 4) is 5.75 Å². The Kier molecular flexibility index (Phi) is 8.33. The molecule has 0 bridgehead atoms. The zero-order chi connectivity index (χ0) is 23.3. The number of benzene rings is 2. The molecule has 32 heavy (non-hydrogen) atoms. The Labute approximate surface area is 192 Å². The summed E-state index contributed by atoms with van der Waals surface area (Å²) in [4.78, 5) is 4.90. The highest BCUT2D eigenvalue weighted by Crippen LogP contribution is 2.36. The Hall–Kier alpha value is -1.93. The second-order valence-corrected chi connectivity index (χ2v) is 10.6. The summed E-state index contributed by atoms with van der Waals surface area (Å²) in [6.45, 7) is 4.44. The third-order valence-electron chi connectivity index (χ3n) is 6.27. The molecule has 0 saturated carbocycles. The standard InChI is InChI=1S/C24H32N2O.CH4O3S/c1-25(13-12-18-10-11-19-15-26(2)17-21(19)14-18)16-20-6-4-8-23-22(20)7-5-9-24(23)27-3;1-5(2,3)4/h5,7,9-11,14,20H,4,6,8,12-13,15-17H2,1-3H3;1H3,(H,2,3,4). The summed E-state index contributed by atoms with van der Waals surface area (Å²) < 4.78 is 31.5. The van der Waals surface area contributed by atoms with Gasteiger partial charge in [0.05, 0.1) is 13.4 Å². The molecular formula is C25H36N2O4S. The van der Waals surface area contributed by atoms with Gasteiger partial charge >= 0.3 is 0 Å². The van der Waals surface area contributed by atoms with Gasteiger partial charge in [-0.2, -0.15) is 8.42 Å². The van der Waals surface area contributed by atoms with Crippen LogP contribution in [0.1, 0.15) is 46.6 Å². The van der Waals surface area contributed by atoms with Gasteiger partial charge in [0.1, 0.15) is 5.75 Å². The first-order chi connectivity index (χ1) is 15.1. The summed E-state index contributed by atoms with van der Waals surface area (Å²) in [6.07, 6.45) is 5.56. The molecule has 1 aliphatic carbocycles. The van der Waals surface area contributed by atoms with E-state index in [2.05, 4.69) is 60.3 Å². The smallest absolute Gasteiger partial charge is 0.261 e. The van der Waals surface area contributed by atoms with Crippen molar-refractivity contribution in [3.05, 3.63) is 64.2 Å². The number of hydrogen-bond acceptors (Lipinski definition) is 5. The number of fused-ring (bicyclic) bond motifs is 2. The van der Waals surface area contributed by atoms with Crippen LogP contribution in [0.2, 0.25) is 0 Å². The first kappa shape index (κ1) is 24.7. The summed E-state index contributed by atoms with van der Waals surface area (Å²) in [5, 5.41) is 0. The minimum atomic E-state index is -3.67.